The number of morpholine rings is 1. The molecule has 20 heavy (non-hydrogen) atoms. The molecule has 6 heteroatoms. The third-order valence-electron chi connectivity index (χ3n) is 4.42. The maximum atomic E-state index is 11.7. The quantitative estimate of drug-likeness (QED) is 0.788. The zero-order valence-electron chi connectivity index (χ0n) is 12.5. The van der Waals surface area contributed by atoms with Gasteiger partial charge in [0.1, 0.15) is 0 Å². The van der Waals surface area contributed by atoms with Crippen LogP contribution in [0, 0.1) is 0 Å². The molecule has 0 radical (unpaired) electrons. The maximum absolute atomic E-state index is 11.7. The predicted molar refractivity (Wildman–Crippen MR) is 82.4 cm³/mol. The van der Waals surface area contributed by atoms with Crippen molar-refractivity contribution in [1.29, 1.82) is 0 Å². The minimum Gasteiger partial charge on any atom is -0.379 e. The highest BCUT2D eigenvalue weighted by molar-refractivity contribution is 5.85. The third kappa shape index (κ3) is 4.58. The van der Waals surface area contributed by atoms with Gasteiger partial charge in [0.15, 0.2) is 0 Å². The highest BCUT2D eigenvalue weighted by Gasteiger charge is 2.38. The van der Waals surface area contributed by atoms with Gasteiger partial charge in [0.2, 0.25) is 5.91 Å². The summed E-state index contributed by atoms with van der Waals surface area (Å²) < 4.78 is 5.46. The van der Waals surface area contributed by atoms with Gasteiger partial charge in [0.05, 0.1) is 19.8 Å². The van der Waals surface area contributed by atoms with E-state index in [0.29, 0.717) is 6.54 Å². The highest BCUT2D eigenvalue weighted by atomic mass is 35.5. The Bertz CT molecular complexity index is 290. The van der Waals surface area contributed by atoms with E-state index in [9.17, 15) is 4.79 Å². The fraction of sp³-hybridized carbons (Fsp3) is 0.929. The molecule has 2 rings (SSSR count). The Balaban J connectivity index is 0.00000200. The van der Waals surface area contributed by atoms with E-state index in [1.54, 1.807) is 7.05 Å². The molecule has 2 fully saturated rings. The fourth-order valence-corrected chi connectivity index (χ4v) is 3.34. The van der Waals surface area contributed by atoms with E-state index in [1.165, 1.54) is 32.1 Å². The van der Waals surface area contributed by atoms with E-state index >= 15 is 0 Å². The second-order valence-electron chi connectivity index (χ2n) is 5.69. The monoisotopic (exact) mass is 305 g/mol. The van der Waals surface area contributed by atoms with Crippen molar-refractivity contribution in [3.05, 3.63) is 0 Å². The van der Waals surface area contributed by atoms with Crippen molar-refractivity contribution < 1.29 is 9.53 Å². The number of halogens is 1. The number of carbonyl (C=O) groups is 1. The summed E-state index contributed by atoms with van der Waals surface area (Å²) in [7, 11) is 1.80. The summed E-state index contributed by atoms with van der Waals surface area (Å²) in [4.78, 5) is 14.2. The lowest BCUT2D eigenvalue weighted by Gasteiger charge is -2.48. The number of nitrogens with one attached hydrogen (secondary N) is 2. The topological polar surface area (TPSA) is 53.6 Å². The Morgan fingerprint density at radius 3 is 2.45 bits per heavy atom. The number of carbonyl (C=O) groups excluding carboxylic acids is 1. The van der Waals surface area contributed by atoms with Gasteiger partial charge in [0.25, 0.3) is 0 Å². The average molecular weight is 306 g/mol. The van der Waals surface area contributed by atoms with Gasteiger partial charge in [-0.2, -0.15) is 0 Å². The number of hydrogen-bond donors (Lipinski definition) is 2. The average Bonchev–Trinajstić information content (AvgIpc) is 2.47. The van der Waals surface area contributed by atoms with Gasteiger partial charge in [0, 0.05) is 25.2 Å². The molecular formula is C14H28ClN3O2. The molecule has 0 aromatic carbocycles. The van der Waals surface area contributed by atoms with Crippen LogP contribution in [0.1, 0.15) is 32.1 Å². The summed E-state index contributed by atoms with van der Waals surface area (Å²) in [5.74, 6) is 0.0979. The molecule has 1 saturated heterocycles. The smallest absolute Gasteiger partial charge is 0.234 e. The first kappa shape index (κ1) is 17.7. The molecule has 1 heterocycles. The number of rotatable bonds is 5. The van der Waals surface area contributed by atoms with Crippen LogP contribution in [0.5, 0.6) is 0 Å². The van der Waals surface area contributed by atoms with Gasteiger partial charge in [-0.15, -0.1) is 12.4 Å². The molecule has 0 bridgehead atoms. The van der Waals surface area contributed by atoms with Crippen LogP contribution in [0.15, 0.2) is 0 Å². The lowest BCUT2D eigenvalue weighted by Crippen LogP contribution is -2.60. The standard InChI is InChI=1S/C14H27N3O2.ClH/c1-15-11-13(18)16-12-14(5-3-2-4-6-14)17-7-9-19-10-8-17;/h15H,2-12H2,1H3,(H,16,18);1H. The van der Waals surface area contributed by atoms with Crippen LogP contribution in [0.3, 0.4) is 0 Å². The minimum atomic E-state index is 0. The number of hydrogen-bond acceptors (Lipinski definition) is 4. The number of likely N-dealkylation sites (N-methyl/N-ethyl adjacent to an activating group) is 1. The molecule has 1 aliphatic heterocycles. The molecule has 0 aromatic rings. The molecule has 118 valence electrons. The van der Waals surface area contributed by atoms with Crippen LogP contribution in [0.25, 0.3) is 0 Å². The molecule has 5 nitrogen and oxygen atoms in total. The van der Waals surface area contributed by atoms with Crippen molar-refractivity contribution >= 4 is 18.3 Å². The van der Waals surface area contributed by atoms with Gasteiger partial charge in [-0.05, 0) is 19.9 Å². The molecule has 0 unspecified atom stereocenters. The molecule has 1 amide bonds. The van der Waals surface area contributed by atoms with E-state index in [0.717, 1.165) is 32.8 Å². The van der Waals surface area contributed by atoms with Crippen LogP contribution < -0.4 is 10.6 Å². The number of nitrogens with zero attached hydrogens (tertiary/aromatic N) is 1. The second kappa shape index (κ2) is 8.82. The van der Waals surface area contributed by atoms with Crippen LogP contribution in [-0.2, 0) is 9.53 Å². The summed E-state index contributed by atoms with van der Waals surface area (Å²) in [6, 6.07) is 0. The van der Waals surface area contributed by atoms with Crippen molar-refractivity contribution in [1.82, 2.24) is 15.5 Å². The fourth-order valence-electron chi connectivity index (χ4n) is 3.34. The molecule has 1 saturated carbocycles. The van der Waals surface area contributed by atoms with Gasteiger partial charge in [-0.25, -0.2) is 0 Å². The van der Waals surface area contributed by atoms with E-state index in [-0.39, 0.29) is 23.9 Å². The van der Waals surface area contributed by atoms with Crippen molar-refractivity contribution in [3.8, 4) is 0 Å². The van der Waals surface area contributed by atoms with Crippen molar-refractivity contribution in [2.24, 2.45) is 0 Å². The van der Waals surface area contributed by atoms with Crippen LogP contribution in [-0.4, -0.2) is 62.8 Å². The number of ether oxygens (including phenoxy) is 1. The van der Waals surface area contributed by atoms with Gasteiger partial charge < -0.3 is 15.4 Å². The summed E-state index contributed by atoms with van der Waals surface area (Å²) in [6.45, 7) is 4.84. The molecule has 0 atom stereocenters. The molecule has 2 aliphatic rings. The molecular weight excluding hydrogens is 278 g/mol. The Kier molecular flexibility index (Phi) is 7.80. The molecule has 0 spiro atoms. The summed E-state index contributed by atoms with van der Waals surface area (Å²) in [6.07, 6.45) is 6.29. The molecule has 2 N–H and O–H groups in total. The van der Waals surface area contributed by atoms with E-state index < -0.39 is 0 Å². The highest BCUT2D eigenvalue weighted by Crippen LogP contribution is 2.33. The summed E-state index contributed by atoms with van der Waals surface area (Å²) in [5, 5.41) is 6.01. The largest absolute Gasteiger partial charge is 0.379 e. The maximum Gasteiger partial charge on any atom is 0.234 e. The summed E-state index contributed by atoms with van der Waals surface area (Å²) in [5.41, 5.74) is 0.172. The predicted octanol–water partition coefficient (Wildman–Crippen LogP) is 0.779. The van der Waals surface area contributed by atoms with E-state index in [1.807, 2.05) is 0 Å². The first-order valence-electron chi connectivity index (χ1n) is 7.51. The van der Waals surface area contributed by atoms with Crippen LogP contribution >= 0.6 is 12.4 Å². The number of amides is 1. The SMILES string of the molecule is CNCC(=O)NCC1(N2CCOCC2)CCCCC1.Cl. The zero-order chi connectivity index (χ0) is 13.6. The Labute approximate surface area is 128 Å². The van der Waals surface area contributed by atoms with Crippen molar-refractivity contribution in [2.45, 2.75) is 37.6 Å². The van der Waals surface area contributed by atoms with Crippen molar-refractivity contribution in [2.75, 3.05) is 46.4 Å². The molecule has 1 aliphatic carbocycles. The third-order valence-corrected chi connectivity index (χ3v) is 4.42. The minimum absolute atomic E-state index is 0. The van der Waals surface area contributed by atoms with Crippen LogP contribution in [0.4, 0.5) is 0 Å². The van der Waals surface area contributed by atoms with Gasteiger partial charge in [-0.1, -0.05) is 19.3 Å². The lowest BCUT2D eigenvalue weighted by atomic mass is 9.79. The van der Waals surface area contributed by atoms with Gasteiger partial charge in [-0.3, -0.25) is 9.69 Å². The Morgan fingerprint density at radius 2 is 1.85 bits per heavy atom. The Hall–Kier alpha value is -0.360. The second-order valence-corrected chi connectivity index (χ2v) is 5.69. The summed E-state index contributed by atoms with van der Waals surface area (Å²) >= 11 is 0. The zero-order valence-corrected chi connectivity index (χ0v) is 13.3. The normalized spacial score (nSPS) is 22.9. The first-order valence-corrected chi connectivity index (χ1v) is 7.51. The Morgan fingerprint density at radius 1 is 1.20 bits per heavy atom. The molecule has 0 aromatic heterocycles. The van der Waals surface area contributed by atoms with E-state index in [4.69, 9.17) is 4.74 Å². The van der Waals surface area contributed by atoms with Crippen molar-refractivity contribution in [3.63, 3.8) is 0 Å². The lowest BCUT2D eigenvalue weighted by molar-refractivity contribution is -0.121. The van der Waals surface area contributed by atoms with Gasteiger partial charge >= 0.3 is 0 Å². The van der Waals surface area contributed by atoms with E-state index in [2.05, 4.69) is 15.5 Å². The van der Waals surface area contributed by atoms with Crippen LogP contribution in [0.2, 0.25) is 0 Å². The first-order chi connectivity index (χ1) is 9.27.